The second-order valence-electron chi connectivity index (χ2n) is 5.50. The molecular formula is C20H23NO3. The minimum absolute atomic E-state index is 0.0810. The molecular weight excluding hydrogens is 302 g/mol. The molecule has 0 radical (unpaired) electrons. The van der Waals surface area contributed by atoms with E-state index in [0.29, 0.717) is 12.3 Å². The predicted octanol–water partition coefficient (Wildman–Crippen LogP) is 3.55. The van der Waals surface area contributed by atoms with Crippen molar-refractivity contribution in [3.8, 4) is 11.5 Å². The quantitative estimate of drug-likeness (QED) is 0.576. The highest BCUT2D eigenvalue weighted by atomic mass is 16.5. The molecule has 0 unspecified atom stereocenters. The zero-order chi connectivity index (χ0) is 17.2. The highest BCUT2D eigenvalue weighted by molar-refractivity contribution is 5.91. The molecule has 2 aromatic rings. The maximum atomic E-state index is 11.8. The molecule has 0 bridgehead atoms. The average molecular weight is 325 g/mol. The number of carbonyl (C=O) groups excluding carboxylic acids is 1. The van der Waals surface area contributed by atoms with Gasteiger partial charge in [0.15, 0.2) is 11.5 Å². The van der Waals surface area contributed by atoms with Gasteiger partial charge in [0.25, 0.3) is 0 Å². The van der Waals surface area contributed by atoms with Crippen LogP contribution in [0.1, 0.15) is 24.0 Å². The first-order valence-corrected chi connectivity index (χ1v) is 8.06. The average Bonchev–Trinajstić information content (AvgIpc) is 2.61. The number of ether oxygens (including phenoxy) is 1. The van der Waals surface area contributed by atoms with E-state index in [1.54, 1.807) is 24.3 Å². The normalized spacial score (nSPS) is 10.7. The lowest BCUT2D eigenvalue weighted by Gasteiger charge is -2.04. The van der Waals surface area contributed by atoms with Crippen LogP contribution < -0.4 is 10.1 Å². The van der Waals surface area contributed by atoms with Gasteiger partial charge in [-0.15, -0.1) is 0 Å². The number of benzene rings is 2. The minimum Gasteiger partial charge on any atom is -0.504 e. The number of methoxy groups -OCH3 is 1. The van der Waals surface area contributed by atoms with E-state index >= 15 is 0 Å². The lowest BCUT2D eigenvalue weighted by Crippen LogP contribution is -2.22. The van der Waals surface area contributed by atoms with Crippen molar-refractivity contribution in [2.24, 2.45) is 0 Å². The third-order valence-corrected chi connectivity index (χ3v) is 3.67. The zero-order valence-electron chi connectivity index (χ0n) is 13.9. The first-order chi connectivity index (χ1) is 11.7. The molecule has 0 spiro atoms. The van der Waals surface area contributed by atoms with Gasteiger partial charge in [-0.3, -0.25) is 4.79 Å². The first kappa shape index (κ1) is 17.6. The van der Waals surface area contributed by atoms with Gasteiger partial charge in [0, 0.05) is 12.6 Å². The Hall–Kier alpha value is -2.75. The van der Waals surface area contributed by atoms with Gasteiger partial charge < -0.3 is 15.2 Å². The molecule has 0 heterocycles. The second-order valence-corrected chi connectivity index (χ2v) is 5.50. The number of hydrogen-bond donors (Lipinski definition) is 2. The number of nitrogens with one attached hydrogen (secondary N) is 1. The zero-order valence-corrected chi connectivity index (χ0v) is 13.9. The maximum absolute atomic E-state index is 11.8. The fraction of sp³-hybridized carbons (Fsp3) is 0.250. The van der Waals surface area contributed by atoms with E-state index in [4.69, 9.17) is 4.74 Å². The van der Waals surface area contributed by atoms with Crippen LogP contribution >= 0.6 is 0 Å². The van der Waals surface area contributed by atoms with Gasteiger partial charge in [-0.1, -0.05) is 36.4 Å². The second kappa shape index (κ2) is 9.40. The fourth-order valence-corrected chi connectivity index (χ4v) is 2.34. The summed E-state index contributed by atoms with van der Waals surface area (Å²) in [6.45, 7) is 0.662. The van der Waals surface area contributed by atoms with Gasteiger partial charge >= 0.3 is 0 Å². The van der Waals surface area contributed by atoms with Crippen LogP contribution in [0.25, 0.3) is 6.08 Å². The third-order valence-electron chi connectivity index (χ3n) is 3.67. The van der Waals surface area contributed by atoms with Gasteiger partial charge in [-0.2, -0.15) is 0 Å². The van der Waals surface area contributed by atoms with Crippen molar-refractivity contribution in [1.29, 1.82) is 0 Å². The maximum Gasteiger partial charge on any atom is 0.243 e. The van der Waals surface area contributed by atoms with E-state index in [0.717, 1.165) is 24.8 Å². The van der Waals surface area contributed by atoms with Crippen molar-refractivity contribution in [3.05, 3.63) is 65.7 Å². The monoisotopic (exact) mass is 325 g/mol. The predicted molar refractivity (Wildman–Crippen MR) is 96.1 cm³/mol. The summed E-state index contributed by atoms with van der Waals surface area (Å²) in [4.78, 5) is 11.8. The highest BCUT2D eigenvalue weighted by Gasteiger charge is 2.01. The minimum atomic E-state index is -0.123. The Kier molecular flexibility index (Phi) is 6.90. The van der Waals surface area contributed by atoms with Crippen LogP contribution in [0.4, 0.5) is 0 Å². The lowest BCUT2D eigenvalue weighted by molar-refractivity contribution is -0.116. The molecule has 0 aliphatic carbocycles. The molecule has 0 saturated carbocycles. The van der Waals surface area contributed by atoms with Gasteiger partial charge in [-0.25, -0.2) is 0 Å². The third kappa shape index (κ3) is 5.80. The number of carbonyl (C=O) groups is 1. The summed E-state index contributed by atoms with van der Waals surface area (Å²) < 4.78 is 5.04. The van der Waals surface area contributed by atoms with E-state index in [2.05, 4.69) is 17.4 Å². The molecule has 0 aliphatic rings. The number of aromatic hydroxyl groups is 1. The number of phenols is 1. The van der Waals surface area contributed by atoms with E-state index in [1.165, 1.54) is 18.7 Å². The number of hydrogen-bond acceptors (Lipinski definition) is 3. The molecule has 0 fully saturated rings. The number of rotatable bonds is 8. The van der Waals surface area contributed by atoms with Crippen LogP contribution in [0.15, 0.2) is 54.6 Å². The van der Waals surface area contributed by atoms with Crippen molar-refractivity contribution in [2.45, 2.75) is 19.3 Å². The van der Waals surface area contributed by atoms with Crippen molar-refractivity contribution >= 4 is 12.0 Å². The van der Waals surface area contributed by atoms with Crippen LogP contribution in [0.5, 0.6) is 11.5 Å². The molecule has 24 heavy (non-hydrogen) atoms. The van der Waals surface area contributed by atoms with E-state index in [1.807, 2.05) is 18.2 Å². The molecule has 126 valence electrons. The standard InChI is InChI=1S/C20H23NO3/c1-24-19-15-17(10-12-18(19)22)11-13-20(23)21-14-6-5-9-16-7-3-2-4-8-16/h2-4,7-8,10-13,15,22H,5-6,9,14H2,1H3,(H,21,23)/b13-11+. The summed E-state index contributed by atoms with van der Waals surface area (Å²) in [5.41, 5.74) is 2.12. The van der Waals surface area contributed by atoms with Gasteiger partial charge in [0.05, 0.1) is 7.11 Å². The van der Waals surface area contributed by atoms with Crippen LogP contribution in [-0.4, -0.2) is 24.7 Å². The summed E-state index contributed by atoms with van der Waals surface area (Å²) in [7, 11) is 1.49. The molecule has 0 aliphatic heterocycles. The molecule has 2 rings (SSSR count). The fourth-order valence-electron chi connectivity index (χ4n) is 2.34. The Labute approximate surface area is 142 Å². The summed E-state index contributed by atoms with van der Waals surface area (Å²) in [5.74, 6) is 0.345. The Bertz CT molecular complexity index is 681. The van der Waals surface area contributed by atoms with E-state index in [-0.39, 0.29) is 11.7 Å². The van der Waals surface area contributed by atoms with Crippen molar-refractivity contribution in [2.75, 3.05) is 13.7 Å². The molecule has 1 amide bonds. The smallest absolute Gasteiger partial charge is 0.243 e. The first-order valence-electron chi connectivity index (χ1n) is 8.06. The topological polar surface area (TPSA) is 58.6 Å². The van der Waals surface area contributed by atoms with Crippen LogP contribution in [-0.2, 0) is 11.2 Å². The summed E-state index contributed by atoms with van der Waals surface area (Å²) in [6.07, 6.45) is 6.20. The Morgan fingerprint density at radius 2 is 1.96 bits per heavy atom. The summed E-state index contributed by atoms with van der Waals surface area (Å²) in [5, 5.41) is 12.4. The van der Waals surface area contributed by atoms with Crippen LogP contribution in [0.3, 0.4) is 0 Å². The summed E-state index contributed by atoms with van der Waals surface area (Å²) in [6, 6.07) is 15.3. The van der Waals surface area contributed by atoms with Crippen molar-refractivity contribution in [1.82, 2.24) is 5.32 Å². The van der Waals surface area contributed by atoms with Crippen LogP contribution in [0.2, 0.25) is 0 Å². The Balaban J connectivity index is 1.69. The highest BCUT2D eigenvalue weighted by Crippen LogP contribution is 2.26. The molecule has 2 aromatic carbocycles. The van der Waals surface area contributed by atoms with E-state index < -0.39 is 0 Å². The Morgan fingerprint density at radius 1 is 1.17 bits per heavy atom. The molecule has 4 nitrogen and oxygen atoms in total. The van der Waals surface area contributed by atoms with Crippen LogP contribution in [0, 0.1) is 0 Å². The number of amides is 1. The van der Waals surface area contributed by atoms with E-state index in [9.17, 15) is 9.90 Å². The molecule has 0 aromatic heterocycles. The SMILES string of the molecule is COc1cc(/C=C/C(=O)NCCCCc2ccccc2)ccc1O. The molecule has 0 atom stereocenters. The molecule has 4 heteroatoms. The number of unbranched alkanes of at least 4 members (excludes halogenated alkanes) is 1. The largest absolute Gasteiger partial charge is 0.504 e. The molecule has 2 N–H and O–H groups in total. The van der Waals surface area contributed by atoms with Gasteiger partial charge in [0.1, 0.15) is 0 Å². The lowest BCUT2D eigenvalue weighted by atomic mass is 10.1. The van der Waals surface area contributed by atoms with Gasteiger partial charge in [0.2, 0.25) is 5.91 Å². The Morgan fingerprint density at radius 3 is 2.71 bits per heavy atom. The number of aryl methyl sites for hydroxylation is 1. The summed E-state index contributed by atoms with van der Waals surface area (Å²) >= 11 is 0. The van der Waals surface area contributed by atoms with Gasteiger partial charge in [-0.05, 0) is 48.6 Å². The van der Waals surface area contributed by atoms with Crippen molar-refractivity contribution in [3.63, 3.8) is 0 Å². The molecule has 0 saturated heterocycles. The number of phenolic OH excluding ortho intramolecular Hbond substituents is 1. The van der Waals surface area contributed by atoms with Crippen molar-refractivity contribution < 1.29 is 14.6 Å².